The normalized spacial score (nSPS) is 10.3. The average molecular weight is 275 g/mol. The number of hydrogen-bond donors (Lipinski definition) is 0. The molecule has 2 aromatic rings. The molecule has 106 valence electrons. The lowest BCUT2D eigenvalue weighted by molar-refractivity contribution is -0.140. The maximum atomic E-state index is 10.7. The summed E-state index contributed by atoms with van der Waals surface area (Å²) in [6.45, 7) is 2.36. The molecule has 0 radical (unpaired) electrons. The van der Waals surface area contributed by atoms with Gasteiger partial charge in [0.2, 0.25) is 0 Å². The van der Waals surface area contributed by atoms with Crippen LogP contribution in [-0.4, -0.2) is 34.7 Å². The molecule has 1 aromatic heterocycles. The summed E-state index contributed by atoms with van der Waals surface area (Å²) in [5.41, 5.74) is 1.92. The van der Waals surface area contributed by atoms with E-state index in [1.807, 2.05) is 30.5 Å². The monoisotopic (exact) mass is 275 g/mol. The van der Waals surface area contributed by atoms with Gasteiger partial charge in [0.15, 0.2) is 0 Å². The summed E-state index contributed by atoms with van der Waals surface area (Å²) >= 11 is 0. The first-order chi connectivity index (χ1) is 9.67. The zero-order valence-electron chi connectivity index (χ0n) is 11.6. The van der Waals surface area contributed by atoms with Crippen molar-refractivity contribution in [1.29, 1.82) is 0 Å². The van der Waals surface area contributed by atoms with E-state index >= 15 is 0 Å². The van der Waals surface area contributed by atoms with Gasteiger partial charge >= 0.3 is 5.97 Å². The Bertz CT molecular complexity index is 563. The van der Waals surface area contributed by atoms with Crippen LogP contribution in [0.1, 0.15) is 18.2 Å². The SMILES string of the molecule is COc1ccc(Cn2cc(CCOC(C)=O)nn2)cc1. The molecule has 0 saturated heterocycles. The fraction of sp³-hybridized carbons (Fsp3) is 0.357. The van der Waals surface area contributed by atoms with Crippen LogP contribution in [0.25, 0.3) is 0 Å². The number of hydrogen-bond acceptors (Lipinski definition) is 5. The van der Waals surface area contributed by atoms with Crippen LogP contribution in [0.4, 0.5) is 0 Å². The summed E-state index contributed by atoms with van der Waals surface area (Å²) in [7, 11) is 1.64. The fourth-order valence-electron chi connectivity index (χ4n) is 1.75. The Morgan fingerprint density at radius 3 is 2.70 bits per heavy atom. The Morgan fingerprint density at radius 2 is 2.05 bits per heavy atom. The zero-order valence-corrected chi connectivity index (χ0v) is 11.6. The number of rotatable bonds is 6. The molecular weight excluding hydrogens is 258 g/mol. The highest BCUT2D eigenvalue weighted by atomic mass is 16.5. The number of aromatic nitrogens is 3. The molecule has 6 heteroatoms. The molecule has 1 aromatic carbocycles. The summed E-state index contributed by atoms with van der Waals surface area (Å²) in [4.78, 5) is 10.7. The fourth-order valence-corrected chi connectivity index (χ4v) is 1.75. The van der Waals surface area contributed by atoms with Gasteiger partial charge < -0.3 is 9.47 Å². The number of methoxy groups -OCH3 is 1. The Labute approximate surface area is 117 Å². The quantitative estimate of drug-likeness (QED) is 0.746. The second-order valence-corrected chi connectivity index (χ2v) is 4.35. The Morgan fingerprint density at radius 1 is 1.30 bits per heavy atom. The minimum absolute atomic E-state index is 0.282. The molecule has 6 nitrogen and oxygen atoms in total. The molecule has 0 amide bonds. The Balaban J connectivity index is 1.89. The third-order valence-electron chi connectivity index (χ3n) is 2.75. The van der Waals surface area contributed by atoms with Gasteiger partial charge in [0.05, 0.1) is 26.0 Å². The lowest BCUT2D eigenvalue weighted by Crippen LogP contribution is -2.03. The van der Waals surface area contributed by atoms with E-state index in [0.29, 0.717) is 19.6 Å². The molecule has 0 fully saturated rings. The van der Waals surface area contributed by atoms with E-state index in [1.165, 1.54) is 6.92 Å². The summed E-state index contributed by atoms with van der Waals surface area (Å²) < 4.78 is 11.7. The highest BCUT2D eigenvalue weighted by molar-refractivity contribution is 5.65. The zero-order chi connectivity index (χ0) is 14.4. The van der Waals surface area contributed by atoms with Crippen molar-refractivity contribution in [2.24, 2.45) is 0 Å². The van der Waals surface area contributed by atoms with E-state index in [1.54, 1.807) is 11.8 Å². The van der Waals surface area contributed by atoms with Gasteiger partial charge in [-0.1, -0.05) is 17.3 Å². The number of nitrogens with zero attached hydrogens (tertiary/aromatic N) is 3. The molecule has 0 atom stereocenters. The highest BCUT2D eigenvalue weighted by Crippen LogP contribution is 2.12. The van der Waals surface area contributed by atoms with Gasteiger partial charge in [0.1, 0.15) is 5.75 Å². The van der Waals surface area contributed by atoms with Crippen molar-refractivity contribution >= 4 is 5.97 Å². The van der Waals surface area contributed by atoms with Crippen LogP contribution in [0.15, 0.2) is 30.5 Å². The molecule has 0 N–H and O–H groups in total. The lowest BCUT2D eigenvalue weighted by atomic mass is 10.2. The Hall–Kier alpha value is -2.37. The number of benzene rings is 1. The number of esters is 1. The molecule has 1 heterocycles. The van der Waals surface area contributed by atoms with Crippen molar-refractivity contribution in [3.63, 3.8) is 0 Å². The number of ether oxygens (including phenoxy) is 2. The summed E-state index contributed by atoms with van der Waals surface area (Å²) in [5, 5.41) is 8.09. The first-order valence-electron chi connectivity index (χ1n) is 6.32. The Kier molecular flexibility index (Phi) is 4.70. The van der Waals surface area contributed by atoms with Crippen molar-refractivity contribution in [3.05, 3.63) is 41.7 Å². The lowest BCUT2D eigenvalue weighted by Gasteiger charge is -2.03. The van der Waals surface area contributed by atoms with Crippen LogP contribution in [0.3, 0.4) is 0 Å². The number of carbonyl (C=O) groups excluding carboxylic acids is 1. The van der Waals surface area contributed by atoms with E-state index in [0.717, 1.165) is 17.0 Å². The van der Waals surface area contributed by atoms with Crippen molar-refractivity contribution in [2.45, 2.75) is 19.9 Å². The number of carbonyl (C=O) groups is 1. The minimum atomic E-state index is -0.282. The largest absolute Gasteiger partial charge is 0.497 e. The maximum absolute atomic E-state index is 10.7. The van der Waals surface area contributed by atoms with Crippen LogP contribution < -0.4 is 4.74 Å². The predicted molar refractivity (Wildman–Crippen MR) is 72.5 cm³/mol. The van der Waals surface area contributed by atoms with Crippen LogP contribution in [0, 0.1) is 0 Å². The van der Waals surface area contributed by atoms with E-state index < -0.39 is 0 Å². The summed E-state index contributed by atoms with van der Waals surface area (Å²) in [6, 6.07) is 7.79. The second-order valence-electron chi connectivity index (χ2n) is 4.35. The van der Waals surface area contributed by atoms with Crippen LogP contribution in [-0.2, 0) is 22.5 Å². The van der Waals surface area contributed by atoms with Gasteiger partial charge in [0.25, 0.3) is 0 Å². The third-order valence-corrected chi connectivity index (χ3v) is 2.75. The van der Waals surface area contributed by atoms with Gasteiger partial charge in [0, 0.05) is 19.5 Å². The van der Waals surface area contributed by atoms with E-state index in [4.69, 9.17) is 9.47 Å². The van der Waals surface area contributed by atoms with Crippen LogP contribution in [0.5, 0.6) is 5.75 Å². The van der Waals surface area contributed by atoms with Crippen LogP contribution in [0.2, 0.25) is 0 Å². The van der Waals surface area contributed by atoms with E-state index in [-0.39, 0.29) is 5.97 Å². The second kappa shape index (κ2) is 6.70. The van der Waals surface area contributed by atoms with E-state index in [2.05, 4.69) is 10.3 Å². The first-order valence-corrected chi connectivity index (χ1v) is 6.32. The highest BCUT2D eigenvalue weighted by Gasteiger charge is 2.03. The van der Waals surface area contributed by atoms with E-state index in [9.17, 15) is 4.79 Å². The molecule has 2 rings (SSSR count). The third kappa shape index (κ3) is 4.08. The molecule has 0 bridgehead atoms. The van der Waals surface area contributed by atoms with Crippen molar-refractivity contribution in [3.8, 4) is 5.75 Å². The molecule has 0 unspecified atom stereocenters. The molecule has 20 heavy (non-hydrogen) atoms. The van der Waals surface area contributed by atoms with Gasteiger partial charge in [-0.3, -0.25) is 4.79 Å². The molecular formula is C14H17N3O3. The van der Waals surface area contributed by atoms with Crippen LogP contribution >= 0.6 is 0 Å². The van der Waals surface area contributed by atoms with Crippen molar-refractivity contribution in [2.75, 3.05) is 13.7 Å². The van der Waals surface area contributed by atoms with Gasteiger partial charge in [-0.2, -0.15) is 0 Å². The summed E-state index contributed by atoms with van der Waals surface area (Å²) in [5.74, 6) is 0.546. The first kappa shape index (κ1) is 14.0. The summed E-state index contributed by atoms with van der Waals surface area (Å²) in [6.07, 6.45) is 2.43. The average Bonchev–Trinajstić information content (AvgIpc) is 2.87. The minimum Gasteiger partial charge on any atom is -0.497 e. The molecule has 0 spiro atoms. The van der Waals surface area contributed by atoms with Crippen molar-refractivity contribution < 1.29 is 14.3 Å². The standard InChI is InChI=1S/C14H17N3O3/c1-11(18)20-8-7-13-10-17(16-15-13)9-12-3-5-14(19-2)6-4-12/h3-6,10H,7-9H2,1-2H3. The smallest absolute Gasteiger partial charge is 0.302 e. The van der Waals surface area contributed by atoms with Gasteiger partial charge in [-0.05, 0) is 17.7 Å². The predicted octanol–water partition coefficient (Wildman–Crippen LogP) is 1.44. The molecule has 0 aliphatic heterocycles. The topological polar surface area (TPSA) is 66.2 Å². The van der Waals surface area contributed by atoms with Gasteiger partial charge in [-0.25, -0.2) is 4.68 Å². The maximum Gasteiger partial charge on any atom is 0.302 e. The van der Waals surface area contributed by atoms with Crippen molar-refractivity contribution in [1.82, 2.24) is 15.0 Å². The molecule has 0 saturated carbocycles. The van der Waals surface area contributed by atoms with Gasteiger partial charge in [-0.15, -0.1) is 5.10 Å². The molecule has 0 aliphatic rings. The molecule has 0 aliphatic carbocycles.